The van der Waals surface area contributed by atoms with E-state index >= 15 is 0 Å². The molecule has 236 valence electrons. The summed E-state index contributed by atoms with van der Waals surface area (Å²) in [6.45, 7) is -0.0600. The van der Waals surface area contributed by atoms with Gasteiger partial charge in [0.05, 0.1) is 24.6 Å². The maximum absolute atomic E-state index is 14.6. The van der Waals surface area contributed by atoms with Crippen LogP contribution in [0.5, 0.6) is 11.5 Å². The Kier molecular flexibility index (Phi) is 10.6. The van der Waals surface area contributed by atoms with Crippen molar-refractivity contribution in [3.8, 4) is 11.5 Å². The fourth-order valence-corrected chi connectivity index (χ4v) is 4.50. The third-order valence-corrected chi connectivity index (χ3v) is 6.66. The summed E-state index contributed by atoms with van der Waals surface area (Å²) < 4.78 is 98.0. The molecule has 0 saturated heterocycles. The number of aliphatic hydroxyl groups excluding tert-OH is 2. The van der Waals surface area contributed by atoms with Gasteiger partial charge in [-0.05, 0) is 95.1 Å². The van der Waals surface area contributed by atoms with Crippen LogP contribution in [0.2, 0.25) is 0 Å². The molecule has 0 unspecified atom stereocenters. The molecule has 0 aliphatic heterocycles. The number of halogens is 6. The van der Waals surface area contributed by atoms with Crippen LogP contribution in [0, 0.1) is 0 Å². The second-order valence-electron chi connectivity index (χ2n) is 9.64. The summed E-state index contributed by atoms with van der Waals surface area (Å²) in [6.07, 6.45) is -8.66. The predicted octanol–water partition coefficient (Wildman–Crippen LogP) is 7.34. The minimum Gasteiger partial charge on any atom is -0.491 e. The molecule has 0 aliphatic rings. The van der Waals surface area contributed by atoms with Gasteiger partial charge in [0.25, 0.3) is 0 Å². The molecule has 0 radical (unpaired) electrons. The highest BCUT2D eigenvalue weighted by atomic mass is 19.4. The summed E-state index contributed by atoms with van der Waals surface area (Å²) in [4.78, 5) is 8.32. The quantitative estimate of drug-likeness (QED) is 0.127. The first-order chi connectivity index (χ1) is 21.5. The SMILES string of the molecule is OCCOc1ccc(C=Nc2ccc(C(c3ccc(N=Cc4ccc(OCCO)cc4)cc3)(C(F)(F)F)C(F)(F)F)cc2)cc1. The van der Waals surface area contributed by atoms with E-state index in [1.165, 1.54) is 12.4 Å². The monoisotopic (exact) mass is 630 g/mol. The molecule has 0 saturated carbocycles. The van der Waals surface area contributed by atoms with Gasteiger partial charge in [-0.2, -0.15) is 26.3 Å². The average molecular weight is 631 g/mol. The lowest BCUT2D eigenvalue weighted by Crippen LogP contribution is -2.54. The Labute approximate surface area is 254 Å². The fraction of sp³-hybridized carbons (Fsp3) is 0.212. The molecular weight excluding hydrogens is 602 g/mol. The normalized spacial score (nSPS) is 12.6. The van der Waals surface area contributed by atoms with E-state index in [4.69, 9.17) is 19.7 Å². The van der Waals surface area contributed by atoms with Crippen LogP contribution >= 0.6 is 0 Å². The second-order valence-corrected chi connectivity index (χ2v) is 9.64. The average Bonchev–Trinajstić information content (AvgIpc) is 3.02. The highest BCUT2D eigenvalue weighted by Gasteiger charge is 2.72. The summed E-state index contributed by atoms with van der Waals surface area (Å²) in [6, 6.07) is 20.6. The van der Waals surface area contributed by atoms with Crippen molar-refractivity contribution >= 4 is 23.8 Å². The number of aliphatic hydroxyl groups is 2. The fourth-order valence-electron chi connectivity index (χ4n) is 4.50. The lowest BCUT2D eigenvalue weighted by Gasteiger charge is -2.38. The van der Waals surface area contributed by atoms with Gasteiger partial charge in [0.15, 0.2) is 0 Å². The number of hydrogen-bond acceptors (Lipinski definition) is 6. The smallest absolute Gasteiger partial charge is 0.411 e. The van der Waals surface area contributed by atoms with Gasteiger partial charge in [-0.1, -0.05) is 24.3 Å². The van der Waals surface area contributed by atoms with Crippen LogP contribution in [0.4, 0.5) is 37.7 Å². The Morgan fingerprint density at radius 2 is 0.844 bits per heavy atom. The first kappa shape index (κ1) is 33.2. The van der Waals surface area contributed by atoms with Crippen LogP contribution in [-0.4, -0.2) is 61.4 Å². The molecule has 0 heterocycles. The summed E-state index contributed by atoms with van der Waals surface area (Å²) in [5.74, 6) is 1.02. The van der Waals surface area contributed by atoms with Gasteiger partial charge < -0.3 is 19.7 Å². The second kappa shape index (κ2) is 14.4. The molecule has 0 amide bonds. The van der Waals surface area contributed by atoms with Gasteiger partial charge in [0.2, 0.25) is 5.41 Å². The van der Waals surface area contributed by atoms with Gasteiger partial charge >= 0.3 is 12.4 Å². The minimum absolute atomic E-state index is 0.119. The van der Waals surface area contributed by atoms with E-state index in [0.717, 1.165) is 48.5 Å². The number of alkyl halides is 6. The molecule has 0 bridgehead atoms. The third kappa shape index (κ3) is 7.89. The van der Waals surface area contributed by atoms with Crippen molar-refractivity contribution in [2.75, 3.05) is 26.4 Å². The van der Waals surface area contributed by atoms with Crippen molar-refractivity contribution in [1.82, 2.24) is 0 Å². The van der Waals surface area contributed by atoms with E-state index in [9.17, 15) is 26.3 Å². The van der Waals surface area contributed by atoms with Crippen LogP contribution in [0.3, 0.4) is 0 Å². The summed E-state index contributed by atoms with van der Waals surface area (Å²) in [7, 11) is 0. The minimum atomic E-state index is -5.74. The molecule has 0 spiro atoms. The van der Waals surface area contributed by atoms with E-state index in [-0.39, 0.29) is 37.8 Å². The molecule has 45 heavy (non-hydrogen) atoms. The molecule has 0 aliphatic carbocycles. The van der Waals surface area contributed by atoms with Crippen molar-refractivity contribution in [2.24, 2.45) is 9.98 Å². The van der Waals surface area contributed by atoms with Crippen LogP contribution in [0.1, 0.15) is 22.3 Å². The van der Waals surface area contributed by atoms with Crippen LogP contribution in [-0.2, 0) is 5.41 Å². The Bertz CT molecular complexity index is 1450. The van der Waals surface area contributed by atoms with Crippen molar-refractivity contribution in [3.05, 3.63) is 119 Å². The molecule has 0 atom stereocenters. The Morgan fingerprint density at radius 3 is 1.13 bits per heavy atom. The molecule has 4 aromatic carbocycles. The topological polar surface area (TPSA) is 83.6 Å². The van der Waals surface area contributed by atoms with E-state index in [2.05, 4.69) is 9.98 Å². The molecule has 2 N–H and O–H groups in total. The van der Waals surface area contributed by atoms with E-state index in [1.807, 2.05) is 0 Å². The lowest BCUT2D eigenvalue weighted by molar-refractivity contribution is -0.288. The zero-order valence-electron chi connectivity index (χ0n) is 23.6. The van der Waals surface area contributed by atoms with E-state index < -0.39 is 28.9 Å². The van der Waals surface area contributed by atoms with Crippen LogP contribution < -0.4 is 9.47 Å². The maximum atomic E-state index is 14.6. The molecule has 12 heteroatoms. The number of nitrogens with zero attached hydrogens (tertiary/aromatic N) is 2. The zero-order valence-corrected chi connectivity index (χ0v) is 23.6. The third-order valence-electron chi connectivity index (χ3n) is 6.66. The van der Waals surface area contributed by atoms with Gasteiger partial charge in [0.1, 0.15) is 24.7 Å². The summed E-state index contributed by atoms with van der Waals surface area (Å²) >= 11 is 0. The van der Waals surface area contributed by atoms with Crippen molar-refractivity contribution in [3.63, 3.8) is 0 Å². The number of benzene rings is 4. The highest BCUT2D eigenvalue weighted by molar-refractivity contribution is 5.82. The number of ether oxygens (including phenoxy) is 2. The van der Waals surface area contributed by atoms with E-state index in [1.54, 1.807) is 48.5 Å². The van der Waals surface area contributed by atoms with Gasteiger partial charge in [-0.25, -0.2) is 0 Å². The van der Waals surface area contributed by atoms with Crippen LogP contribution in [0.25, 0.3) is 0 Å². The standard InChI is InChI=1S/C33H28F6N2O4/c34-32(35,36)31(33(37,38)39,25-5-9-27(10-6-25)40-21-23-1-13-29(14-2-23)44-19-17-42)26-7-11-28(12-8-26)41-22-24-3-15-30(16-4-24)45-20-18-43/h1-16,21-22,42-43H,17-20H2. The van der Waals surface area contributed by atoms with Gasteiger partial charge in [0, 0.05) is 12.4 Å². The zero-order chi connectivity index (χ0) is 32.5. The lowest BCUT2D eigenvalue weighted by atomic mass is 9.73. The molecule has 4 aromatic rings. The van der Waals surface area contributed by atoms with Crippen molar-refractivity contribution in [2.45, 2.75) is 17.8 Å². The number of rotatable bonds is 12. The predicted molar refractivity (Wildman–Crippen MR) is 158 cm³/mol. The Hall–Kier alpha value is -4.68. The van der Waals surface area contributed by atoms with Crippen LogP contribution in [0.15, 0.2) is 107 Å². The van der Waals surface area contributed by atoms with Gasteiger partial charge in [-0.15, -0.1) is 0 Å². The maximum Gasteiger partial charge on any atom is 0.411 e. The van der Waals surface area contributed by atoms with Gasteiger partial charge in [-0.3, -0.25) is 9.98 Å². The van der Waals surface area contributed by atoms with Crippen molar-refractivity contribution < 1.29 is 46.0 Å². The molecular formula is C33H28F6N2O4. The summed E-state index contributed by atoms with van der Waals surface area (Å²) in [5, 5.41) is 17.6. The summed E-state index contributed by atoms with van der Waals surface area (Å²) in [5.41, 5.74) is -4.80. The Morgan fingerprint density at radius 1 is 0.511 bits per heavy atom. The largest absolute Gasteiger partial charge is 0.491 e. The first-order valence-corrected chi connectivity index (χ1v) is 13.6. The van der Waals surface area contributed by atoms with Crippen molar-refractivity contribution in [1.29, 1.82) is 0 Å². The molecule has 4 rings (SSSR count). The molecule has 0 aromatic heterocycles. The first-order valence-electron chi connectivity index (χ1n) is 13.6. The number of hydrogen-bond donors (Lipinski definition) is 2. The van der Waals surface area contributed by atoms with E-state index in [0.29, 0.717) is 22.6 Å². The molecule has 6 nitrogen and oxygen atoms in total. The molecule has 0 fully saturated rings. The highest BCUT2D eigenvalue weighted by Crippen LogP contribution is 2.56. The number of aliphatic imine (C=N–C) groups is 2. The Balaban J connectivity index is 1.59.